The summed E-state index contributed by atoms with van der Waals surface area (Å²) in [6.45, 7) is 7.71. The Morgan fingerprint density at radius 3 is 1.37 bits per heavy atom. The highest BCUT2D eigenvalue weighted by Gasteiger charge is 2.38. The molecule has 0 saturated carbocycles. The number of nitrogens with one attached hydrogen (secondary N) is 13. The molecule has 548 valence electrons. The van der Waals surface area contributed by atoms with Crippen LogP contribution in [0.15, 0.2) is 60.8 Å². The summed E-state index contributed by atoms with van der Waals surface area (Å²) < 4.78 is 0. The summed E-state index contributed by atoms with van der Waals surface area (Å²) in [4.78, 5) is 192. The van der Waals surface area contributed by atoms with Gasteiger partial charge in [0.2, 0.25) is 70.9 Å². The summed E-state index contributed by atoms with van der Waals surface area (Å²) in [5.74, 6) is -15.7. The Bertz CT molecular complexity index is 3240. The summed E-state index contributed by atoms with van der Waals surface area (Å²) in [7, 11) is 0. The maximum atomic E-state index is 14.5. The van der Waals surface area contributed by atoms with Crippen LogP contribution in [0.25, 0.3) is 10.9 Å². The number of H-pyrrole nitrogens is 1. The summed E-state index contributed by atoms with van der Waals surface area (Å²) in [5.41, 5.74) is 25.0. The molecule has 1 aromatic heterocycles. The van der Waals surface area contributed by atoms with Crippen LogP contribution in [0.2, 0.25) is 0 Å². The molecule has 3 rings (SSSR count). The summed E-state index contributed by atoms with van der Waals surface area (Å²) in [5, 5.41) is 69.9. The molecule has 99 heavy (non-hydrogen) atoms. The van der Waals surface area contributed by atoms with E-state index < -0.39 is 200 Å². The minimum atomic E-state index is -1.86. The molecule has 0 saturated heterocycles. The van der Waals surface area contributed by atoms with Crippen LogP contribution < -0.4 is 86.7 Å². The smallest absolute Gasteiger partial charge is 0.325 e. The van der Waals surface area contributed by atoms with Crippen LogP contribution in [-0.2, 0) is 80.0 Å². The highest BCUT2D eigenvalue weighted by atomic mass is 16.4. The van der Waals surface area contributed by atoms with E-state index in [9.17, 15) is 87.5 Å². The van der Waals surface area contributed by atoms with Gasteiger partial charge in [-0.3, -0.25) is 67.1 Å². The lowest BCUT2D eigenvalue weighted by molar-refractivity contribution is -0.142. The van der Waals surface area contributed by atoms with Gasteiger partial charge in [0.1, 0.15) is 66.5 Å². The van der Waals surface area contributed by atoms with E-state index in [1.54, 1.807) is 102 Å². The Kier molecular flexibility index (Phi) is 35.6. The van der Waals surface area contributed by atoms with Crippen molar-refractivity contribution >= 4 is 93.7 Å². The number of para-hydroxylation sites is 1. The van der Waals surface area contributed by atoms with Crippen LogP contribution in [-0.4, -0.2) is 220 Å². The first kappa shape index (κ1) is 83.5. The van der Waals surface area contributed by atoms with Crippen molar-refractivity contribution in [1.29, 1.82) is 0 Å². The van der Waals surface area contributed by atoms with Crippen molar-refractivity contribution in [2.24, 2.45) is 40.7 Å². The number of aromatic nitrogens is 1. The number of amides is 12. The van der Waals surface area contributed by atoms with Crippen molar-refractivity contribution in [3.63, 3.8) is 0 Å². The predicted octanol–water partition coefficient (Wildman–Crippen LogP) is -5.91. The Hall–Kier alpha value is -9.68. The lowest BCUT2D eigenvalue weighted by Crippen LogP contribution is -2.62. The van der Waals surface area contributed by atoms with E-state index in [1.807, 2.05) is 0 Å². The van der Waals surface area contributed by atoms with Crippen LogP contribution in [0.4, 0.5) is 0 Å². The maximum Gasteiger partial charge on any atom is 0.325 e. The van der Waals surface area contributed by atoms with E-state index in [0.717, 1.165) is 0 Å². The Balaban J connectivity index is 1.87. The summed E-state index contributed by atoms with van der Waals surface area (Å²) >= 11 is 0. The van der Waals surface area contributed by atoms with Crippen molar-refractivity contribution in [3.05, 3.63) is 71.9 Å². The Labute approximate surface area is 572 Å². The second-order valence-corrected chi connectivity index (χ2v) is 24.5. The first-order chi connectivity index (χ1) is 46.8. The van der Waals surface area contributed by atoms with Gasteiger partial charge in [-0.2, -0.15) is 0 Å². The first-order valence-corrected chi connectivity index (χ1v) is 32.6. The quantitative estimate of drug-likeness (QED) is 0.0251. The molecule has 3 aromatic rings. The molecule has 0 spiro atoms. The van der Waals surface area contributed by atoms with Gasteiger partial charge >= 0.3 is 11.9 Å². The number of aliphatic carboxylic acids is 2. The lowest BCUT2D eigenvalue weighted by atomic mass is 9.96. The standard InChI is InChI=1S/C64H99N17O18/c1-8-34(6)52(63(97)71-35(7)64(98)99)81-62(96)51(33(4)5)80-56(90)40(18-19-49(85)86)73-57(91)44(26-36-14-10-9-11-15-36)77-55(89)43(22-25-67)74-54(88)42(21-24-66)75-60(94)47(31-83)79-58(92)45(27-37-28-69-39-17-13-12-16-38(37)39)78-59(93)46(30-82)72-48(84)29-70-53(87)41(20-23-65)76-61(95)50(68)32(2)3/h9-17,28,32-35,40-47,50-52,69,82-83H,8,18-27,29-31,65-68H2,1-7H3,(H,70,87)(H,71,97)(H,72,84)(H,73,91)(H,74,88)(H,75,94)(H,76,95)(H,77,89)(H,78,93)(H,79,92)(H,80,90)(H,81,96)(H,85,86)(H,98,99)/t34-,35-,40-,41+,42-,43+,44-,45+,46+,47-,50+,51-,52+/m0/s1. The third kappa shape index (κ3) is 27.3. The van der Waals surface area contributed by atoms with Gasteiger partial charge in [-0.25, -0.2) is 0 Å². The zero-order valence-electron chi connectivity index (χ0n) is 56.6. The third-order valence-corrected chi connectivity index (χ3v) is 16.1. The highest BCUT2D eigenvalue weighted by molar-refractivity contribution is 6.00. The number of rotatable bonds is 44. The van der Waals surface area contributed by atoms with Crippen molar-refractivity contribution in [2.75, 3.05) is 39.4 Å². The molecule has 0 radical (unpaired) electrons. The molecule has 0 aliphatic rings. The maximum absolute atomic E-state index is 14.5. The summed E-state index contributed by atoms with van der Waals surface area (Å²) in [6.07, 6.45) is -0.473. The van der Waals surface area contributed by atoms with Gasteiger partial charge in [0.15, 0.2) is 0 Å². The van der Waals surface area contributed by atoms with Gasteiger partial charge in [0.25, 0.3) is 0 Å². The average molecular weight is 1390 g/mol. The fraction of sp³-hybridized carbons (Fsp3) is 0.562. The number of hydrogen-bond acceptors (Lipinski definition) is 20. The SMILES string of the molecule is CC[C@H](C)[C@@H](NC(=O)[C@@H](NC(=O)[C@H](CCC(=O)O)NC(=O)[C@H](Cc1ccccc1)NC(=O)[C@@H](CCN)NC(=O)[C@H](CCN)NC(=O)[C@H](CO)NC(=O)[C@@H](Cc1c[nH]c2ccccc12)NC(=O)[C@@H](CO)NC(=O)CNC(=O)[C@@H](CCN)NC(=O)[C@H](N)C(C)C)C(C)C)C(=O)N[C@@H](C)C(=O)O. The molecule has 12 amide bonds. The van der Waals surface area contributed by atoms with Crippen molar-refractivity contribution < 1.29 is 87.5 Å². The molecule has 0 aliphatic carbocycles. The minimum absolute atomic E-state index is 0.0238. The van der Waals surface area contributed by atoms with E-state index in [4.69, 9.17) is 22.9 Å². The number of aliphatic hydroxyl groups is 2. The van der Waals surface area contributed by atoms with Crippen molar-refractivity contribution in [1.82, 2.24) is 68.8 Å². The third-order valence-electron chi connectivity index (χ3n) is 16.1. The van der Waals surface area contributed by atoms with Gasteiger partial charge in [0.05, 0.1) is 25.8 Å². The number of nitrogens with two attached hydrogens (primary N) is 4. The predicted molar refractivity (Wildman–Crippen MR) is 359 cm³/mol. The number of aliphatic hydroxyl groups excluding tert-OH is 2. The molecule has 1 heterocycles. The van der Waals surface area contributed by atoms with Crippen LogP contribution in [0.3, 0.4) is 0 Å². The first-order valence-electron chi connectivity index (χ1n) is 32.6. The molecular formula is C64H99N17O18. The molecule has 0 unspecified atom stereocenters. The number of fused-ring (bicyclic) bond motifs is 1. The Morgan fingerprint density at radius 2 is 0.879 bits per heavy atom. The fourth-order valence-corrected chi connectivity index (χ4v) is 9.86. The van der Waals surface area contributed by atoms with Crippen LogP contribution >= 0.6 is 0 Å². The van der Waals surface area contributed by atoms with Gasteiger partial charge in [0, 0.05) is 36.4 Å². The molecule has 35 nitrogen and oxygen atoms in total. The van der Waals surface area contributed by atoms with E-state index in [-0.39, 0.29) is 57.7 Å². The normalized spacial score (nSPS) is 15.2. The summed E-state index contributed by atoms with van der Waals surface area (Å²) in [6, 6.07) is -2.66. The largest absolute Gasteiger partial charge is 0.481 e. The molecule has 13 atom stereocenters. The van der Waals surface area contributed by atoms with Crippen molar-refractivity contribution in [2.45, 2.75) is 172 Å². The van der Waals surface area contributed by atoms with Gasteiger partial charge in [-0.15, -0.1) is 0 Å². The second-order valence-electron chi connectivity index (χ2n) is 24.5. The molecular weight excluding hydrogens is 1290 g/mol. The topological polar surface area (TPSA) is 584 Å². The molecule has 25 N–H and O–H groups in total. The zero-order chi connectivity index (χ0) is 74.2. The zero-order valence-corrected chi connectivity index (χ0v) is 56.6. The van der Waals surface area contributed by atoms with Crippen LogP contribution in [0.5, 0.6) is 0 Å². The number of carboxylic acids is 2. The van der Waals surface area contributed by atoms with E-state index in [2.05, 4.69) is 68.8 Å². The van der Waals surface area contributed by atoms with Gasteiger partial charge in [-0.1, -0.05) is 96.5 Å². The molecule has 0 aliphatic heterocycles. The number of aromatic amines is 1. The molecule has 0 fully saturated rings. The lowest BCUT2D eigenvalue weighted by Gasteiger charge is -2.30. The Morgan fingerprint density at radius 1 is 0.455 bits per heavy atom. The molecule has 0 bridgehead atoms. The highest BCUT2D eigenvalue weighted by Crippen LogP contribution is 2.20. The van der Waals surface area contributed by atoms with Gasteiger partial charge < -0.3 is 112 Å². The fourth-order valence-electron chi connectivity index (χ4n) is 9.86. The number of carboxylic acid groups (broad SMARTS) is 2. The number of benzene rings is 2. The average Bonchev–Trinajstić information content (AvgIpc) is 1.75. The van der Waals surface area contributed by atoms with E-state index in [0.29, 0.717) is 28.5 Å². The van der Waals surface area contributed by atoms with Crippen molar-refractivity contribution in [3.8, 4) is 0 Å². The van der Waals surface area contributed by atoms with Crippen LogP contribution in [0, 0.1) is 17.8 Å². The number of hydrogen-bond donors (Lipinski definition) is 21. The monoisotopic (exact) mass is 1390 g/mol. The second kappa shape index (κ2) is 42.2. The van der Waals surface area contributed by atoms with Crippen LogP contribution in [0.1, 0.15) is 98.1 Å². The number of carbonyl (C=O) groups excluding carboxylic acids is 12. The molecule has 35 heteroatoms. The number of carbonyl (C=O) groups is 14. The minimum Gasteiger partial charge on any atom is -0.481 e. The van der Waals surface area contributed by atoms with E-state index >= 15 is 0 Å². The van der Waals surface area contributed by atoms with E-state index in [1.165, 1.54) is 6.92 Å². The van der Waals surface area contributed by atoms with Gasteiger partial charge in [-0.05, 0) is 87.2 Å². The molecule has 2 aromatic carbocycles.